The highest BCUT2D eigenvalue weighted by atomic mass is 32.2. The van der Waals surface area contributed by atoms with Gasteiger partial charge in [-0.3, -0.25) is 9.10 Å². The van der Waals surface area contributed by atoms with E-state index in [2.05, 4.69) is 18.5 Å². The van der Waals surface area contributed by atoms with Crippen LogP contribution in [0.3, 0.4) is 0 Å². The second-order valence-corrected chi connectivity index (χ2v) is 9.50. The Morgan fingerprint density at radius 3 is 2.17 bits per heavy atom. The lowest BCUT2D eigenvalue weighted by Crippen LogP contribution is -2.38. The van der Waals surface area contributed by atoms with Gasteiger partial charge in [0, 0.05) is 13.1 Å². The summed E-state index contributed by atoms with van der Waals surface area (Å²) in [6.45, 7) is 10.3. The minimum absolute atomic E-state index is 0.0317. The van der Waals surface area contributed by atoms with Crippen LogP contribution in [0.25, 0.3) is 5.57 Å². The van der Waals surface area contributed by atoms with Gasteiger partial charge in [-0.15, -0.1) is 0 Å². The molecule has 2 aromatic rings. The molecule has 0 aliphatic carbocycles. The molecular formula is C26H26F4N2O3S. The summed E-state index contributed by atoms with van der Waals surface area (Å²) < 4.78 is 78.2. The molecule has 5 nitrogen and oxygen atoms in total. The van der Waals surface area contributed by atoms with Gasteiger partial charge in [0.25, 0.3) is 15.9 Å². The number of nitrogens with one attached hydrogen (secondary N) is 1. The van der Waals surface area contributed by atoms with E-state index in [1.165, 1.54) is 25.1 Å². The van der Waals surface area contributed by atoms with Gasteiger partial charge in [0.05, 0.1) is 10.5 Å². The molecule has 1 amide bonds. The van der Waals surface area contributed by atoms with Crippen molar-refractivity contribution in [2.75, 3.05) is 13.1 Å². The molecule has 0 radical (unpaired) electrons. The Hall–Kier alpha value is -3.66. The Morgan fingerprint density at radius 2 is 1.67 bits per heavy atom. The quantitative estimate of drug-likeness (QED) is 0.247. The number of alkyl halides is 3. The lowest BCUT2D eigenvalue weighted by Gasteiger charge is -2.24. The van der Waals surface area contributed by atoms with Gasteiger partial charge in [-0.2, -0.15) is 13.2 Å². The molecule has 0 spiro atoms. The van der Waals surface area contributed by atoms with Crippen LogP contribution >= 0.6 is 0 Å². The fourth-order valence-corrected chi connectivity index (χ4v) is 4.68. The summed E-state index contributed by atoms with van der Waals surface area (Å²) in [5.74, 6) is -1.35. The van der Waals surface area contributed by atoms with Crippen LogP contribution in [-0.4, -0.2) is 31.7 Å². The molecule has 0 fully saturated rings. The SMILES string of the molecule is C=C/C=C(\C=C(/C)c1ccc(C(F)(F)F)cc1)CNC(=O)C(=C)N(CC)S(=O)(=O)c1ccc(F)cc1. The molecule has 0 bridgehead atoms. The maximum absolute atomic E-state index is 13.2. The van der Waals surface area contributed by atoms with Crippen molar-refractivity contribution in [1.29, 1.82) is 0 Å². The first-order chi connectivity index (χ1) is 16.8. The topological polar surface area (TPSA) is 66.5 Å². The largest absolute Gasteiger partial charge is 0.416 e. The fourth-order valence-electron chi connectivity index (χ4n) is 3.23. The maximum atomic E-state index is 13.2. The number of halogens is 4. The second-order valence-electron chi connectivity index (χ2n) is 7.63. The molecule has 0 saturated carbocycles. The van der Waals surface area contributed by atoms with E-state index in [0.29, 0.717) is 16.7 Å². The van der Waals surface area contributed by atoms with E-state index < -0.39 is 33.5 Å². The first kappa shape index (κ1) is 28.6. The number of amides is 1. The molecule has 1 N–H and O–H groups in total. The molecule has 0 atom stereocenters. The summed E-state index contributed by atoms with van der Waals surface area (Å²) in [7, 11) is -4.15. The van der Waals surface area contributed by atoms with Crippen LogP contribution < -0.4 is 5.32 Å². The van der Waals surface area contributed by atoms with Crippen molar-refractivity contribution >= 4 is 21.5 Å². The fraction of sp³-hybridized carbons (Fsp3) is 0.192. The number of allylic oxidation sites excluding steroid dienone is 3. The molecule has 2 rings (SSSR count). The third-order valence-corrected chi connectivity index (χ3v) is 7.03. The zero-order chi connectivity index (χ0) is 27.1. The van der Waals surface area contributed by atoms with Crippen molar-refractivity contribution in [2.24, 2.45) is 0 Å². The molecule has 2 aromatic carbocycles. The summed E-state index contributed by atoms with van der Waals surface area (Å²) in [6.07, 6.45) is 0.307. The van der Waals surface area contributed by atoms with Crippen LogP contribution in [0, 0.1) is 5.82 Å². The average Bonchev–Trinajstić information content (AvgIpc) is 2.82. The predicted octanol–water partition coefficient (Wildman–Crippen LogP) is 5.70. The summed E-state index contributed by atoms with van der Waals surface area (Å²) in [4.78, 5) is 12.5. The molecule has 10 heteroatoms. The van der Waals surface area contributed by atoms with E-state index in [0.717, 1.165) is 40.7 Å². The number of hydrogen-bond acceptors (Lipinski definition) is 3. The second kappa shape index (κ2) is 11.9. The van der Waals surface area contributed by atoms with Gasteiger partial charge in [-0.05, 0) is 67.0 Å². The monoisotopic (exact) mass is 522 g/mol. The number of rotatable bonds is 10. The van der Waals surface area contributed by atoms with Gasteiger partial charge in [-0.25, -0.2) is 12.8 Å². The number of hydrogen-bond donors (Lipinski definition) is 1. The van der Waals surface area contributed by atoms with E-state index >= 15 is 0 Å². The van der Waals surface area contributed by atoms with Crippen molar-refractivity contribution in [2.45, 2.75) is 24.9 Å². The van der Waals surface area contributed by atoms with Gasteiger partial charge in [0.1, 0.15) is 11.5 Å². The van der Waals surface area contributed by atoms with Gasteiger partial charge in [-0.1, -0.05) is 43.5 Å². The summed E-state index contributed by atoms with van der Waals surface area (Å²) in [5.41, 5.74) is 0.661. The Balaban J connectivity index is 2.16. The predicted molar refractivity (Wildman–Crippen MR) is 131 cm³/mol. The summed E-state index contributed by atoms with van der Waals surface area (Å²) in [6, 6.07) is 8.85. The van der Waals surface area contributed by atoms with Crippen LogP contribution in [0.2, 0.25) is 0 Å². The Labute approximate surface area is 208 Å². The molecule has 0 aliphatic heterocycles. The van der Waals surface area contributed by atoms with Crippen molar-refractivity contribution in [3.05, 3.63) is 108 Å². The van der Waals surface area contributed by atoms with Crippen molar-refractivity contribution in [3.63, 3.8) is 0 Å². The minimum Gasteiger partial charge on any atom is -0.347 e. The first-order valence-corrected chi connectivity index (χ1v) is 12.2. The molecule has 0 unspecified atom stereocenters. The molecule has 0 aromatic heterocycles. The average molecular weight is 523 g/mol. The van der Waals surface area contributed by atoms with Crippen LogP contribution in [0.15, 0.2) is 96.1 Å². The number of likely N-dealkylation sites (N-methyl/N-ethyl adjacent to an activating group) is 1. The number of carbonyl (C=O) groups excluding carboxylic acids is 1. The molecule has 0 saturated heterocycles. The van der Waals surface area contributed by atoms with Crippen LogP contribution in [0.1, 0.15) is 25.0 Å². The van der Waals surface area contributed by atoms with Crippen molar-refractivity contribution in [1.82, 2.24) is 9.62 Å². The Morgan fingerprint density at radius 1 is 1.08 bits per heavy atom. The van der Waals surface area contributed by atoms with Gasteiger partial charge in [0.15, 0.2) is 0 Å². The van der Waals surface area contributed by atoms with Gasteiger partial charge >= 0.3 is 6.18 Å². The lowest BCUT2D eigenvalue weighted by molar-refractivity contribution is -0.137. The lowest BCUT2D eigenvalue weighted by atomic mass is 10.0. The smallest absolute Gasteiger partial charge is 0.347 e. The molecule has 192 valence electrons. The van der Waals surface area contributed by atoms with E-state index in [-0.39, 0.29) is 23.7 Å². The number of sulfonamides is 1. The van der Waals surface area contributed by atoms with E-state index in [1.807, 2.05) is 0 Å². The molecule has 0 aliphatic rings. The zero-order valence-electron chi connectivity index (χ0n) is 19.8. The number of nitrogens with zero attached hydrogens (tertiary/aromatic N) is 1. The van der Waals surface area contributed by atoms with Crippen molar-refractivity contribution in [3.8, 4) is 0 Å². The maximum Gasteiger partial charge on any atom is 0.416 e. The highest BCUT2D eigenvalue weighted by Gasteiger charge is 2.30. The van der Waals surface area contributed by atoms with Crippen molar-refractivity contribution < 1.29 is 30.8 Å². The normalized spacial score (nSPS) is 12.7. The Bertz CT molecular complexity index is 1280. The molecular weight excluding hydrogens is 496 g/mol. The highest BCUT2D eigenvalue weighted by Crippen LogP contribution is 2.30. The summed E-state index contributed by atoms with van der Waals surface area (Å²) >= 11 is 0. The Kier molecular flexibility index (Phi) is 9.41. The summed E-state index contributed by atoms with van der Waals surface area (Å²) in [5, 5.41) is 2.59. The third kappa shape index (κ3) is 7.17. The van der Waals surface area contributed by atoms with Gasteiger partial charge in [0.2, 0.25) is 0 Å². The minimum atomic E-state index is -4.44. The number of carbonyl (C=O) groups is 1. The third-order valence-electron chi connectivity index (χ3n) is 5.11. The van der Waals surface area contributed by atoms with Crippen LogP contribution in [0.4, 0.5) is 17.6 Å². The molecule has 0 heterocycles. The van der Waals surface area contributed by atoms with E-state index in [1.54, 1.807) is 19.1 Å². The van der Waals surface area contributed by atoms with E-state index in [9.17, 15) is 30.8 Å². The van der Waals surface area contributed by atoms with E-state index in [4.69, 9.17) is 0 Å². The first-order valence-electron chi connectivity index (χ1n) is 10.7. The van der Waals surface area contributed by atoms with Crippen LogP contribution in [-0.2, 0) is 21.0 Å². The number of benzene rings is 2. The standard InChI is InChI=1S/C26H26F4N2O3S/c1-5-7-20(16-18(3)21-8-10-22(11-9-21)26(28,29)30)17-31-25(33)19(4)32(6-2)36(34,35)24-14-12-23(27)13-15-24/h5,7-16H,1,4,6,17H2,2-3H3,(H,31,33)/b18-16+,20-7+. The van der Waals surface area contributed by atoms with Gasteiger partial charge < -0.3 is 5.32 Å². The molecule has 36 heavy (non-hydrogen) atoms. The zero-order valence-corrected chi connectivity index (χ0v) is 20.6. The van der Waals surface area contributed by atoms with Crippen LogP contribution in [0.5, 0.6) is 0 Å². The highest BCUT2D eigenvalue weighted by molar-refractivity contribution is 7.89.